The molecule has 1 saturated heterocycles. The molecular weight excluding hydrogens is 360 g/mol. The van der Waals surface area contributed by atoms with Crippen LogP contribution >= 0.6 is 0 Å². The Bertz CT molecular complexity index is 896. The molecule has 8 heteroatoms. The van der Waals surface area contributed by atoms with Gasteiger partial charge in [-0.05, 0) is 24.1 Å². The van der Waals surface area contributed by atoms with Crippen molar-refractivity contribution in [3.8, 4) is 0 Å². The molecule has 1 aromatic carbocycles. The van der Waals surface area contributed by atoms with E-state index in [1.54, 1.807) is 29.2 Å². The molecule has 0 atom stereocenters. The summed E-state index contributed by atoms with van der Waals surface area (Å²) in [5.74, 6) is -0.0391. The van der Waals surface area contributed by atoms with Crippen molar-refractivity contribution in [1.29, 1.82) is 0 Å². The Morgan fingerprint density at radius 2 is 1.86 bits per heavy atom. The molecule has 0 unspecified atom stereocenters. The third-order valence-electron chi connectivity index (χ3n) is 5.08. The fraction of sp³-hybridized carbons (Fsp3) is 0.400. The molecule has 4 rings (SSSR count). The van der Waals surface area contributed by atoms with Crippen molar-refractivity contribution in [1.82, 2.24) is 14.9 Å². The molecule has 146 valence electrons. The summed E-state index contributed by atoms with van der Waals surface area (Å²) in [6.45, 7) is 3.79. The molecule has 0 aliphatic carbocycles. The van der Waals surface area contributed by atoms with E-state index in [-0.39, 0.29) is 11.5 Å². The highest BCUT2D eigenvalue weighted by molar-refractivity contribution is 6.05. The number of hydrogen-bond acceptors (Lipinski definition) is 7. The van der Waals surface area contributed by atoms with Gasteiger partial charge >= 0.3 is 5.97 Å². The SMILES string of the molecule is COC(=O)c1ccccc1C(=O)N1CCc2cnc(N3CCOCC3)nc2C1. The predicted molar refractivity (Wildman–Crippen MR) is 101 cm³/mol. The Labute approximate surface area is 163 Å². The van der Waals surface area contributed by atoms with Gasteiger partial charge in [-0.1, -0.05) is 12.1 Å². The van der Waals surface area contributed by atoms with Gasteiger partial charge in [0.1, 0.15) is 0 Å². The first-order valence-corrected chi connectivity index (χ1v) is 9.31. The van der Waals surface area contributed by atoms with Gasteiger partial charge in [-0.3, -0.25) is 4.79 Å². The van der Waals surface area contributed by atoms with Crippen LogP contribution in [0, 0.1) is 0 Å². The molecule has 3 heterocycles. The summed E-state index contributed by atoms with van der Waals surface area (Å²) < 4.78 is 10.2. The van der Waals surface area contributed by atoms with Crippen LogP contribution in [0.3, 0.4) is 0 Å². The molecule has 0 saturated carbocycles. The predicted octanol–water partition coefficient (Wildman–Crippen LogP) is 1.30. The Morgan fingerprint density at radius 3 is 2.61 bits per heavy atom. The van der Waals surface area contributed by atoms with Gasteiger partial charge in [0.2, 0.25) is 5.95 Å². The average molecular weight is 382 g/mol. The quantitative estimate of drug-likeness (QED) is 0.740. The number of esters is 1. The van der Waals surface area contributed by atoms with Gasteiger partial charge in [-0.2, -0.15) is 0 Å². The normalized spacial score (nSPS) is 16.5. The summed E-state index contributed by atoms with van der Waals surface area (Å²) in [4.78, 5) is 38.1. The van der Waals surface area contributed by atoms with Crippen LogP contribution in [0.25, 0.3) is 0 Å². The molecule has 0 bridgehead atoms. The van der Waals surface area contributed by atoms with Gasteiger partial charge in [0.25, 0.3) is 5.91 Å². The number of hydrogen-bond donors (Lipinski definition) is 0. The molecule has 1 amide bonds. The highest BCUT2D eigenvalue weighted by Gasteiger charge is 2.27. The number of methoxy groups -OCH3 is 1. The van der Waals surface area contributed by atoms with Crippen molar-refractivity contribution in [2.24, 2.45) is 0 Å². The number of ether oxygens (including phenoxy) is 2. The lowest BCUT2D eigenvalue weighted by atomic mass is 10.0. The zero-order chi connectivity index (χ0) is 19.5. The number of benzene rings is 1. The maximum absolute atomic E-state index is 13.1. The number of aromatic nitrogens is 2. The van der Waals surface area contributed by atoms with Gasteiger partial charge in [0, 0.05) is 25.8 Å². The Kier molecular flexibility index (Phi) is 5.21. The second-order valence-corrected chi connectivity index (χ2v) is 6.76. The molecule has 0 spiro atoms. The van der Waals surface area contributed by atoms with Gasteiger partial charge in [0.15, 0.2) is 0 Å². The van der Waals surface area contributed by atoms with Crippen molar-refractivity contribution in [2.75, 3.05) is 44.9 Å². The number of fused-ring (bicyclic) bond motifs is 1. The number of nitrogens with zero attached hydrogens (tertiary/aromatic N) is 4. The summed E-state index contributed by atoms with van der Waals surface area (Å²) in [6.07, 6.45) is 2.54. The smallest absolute Gasteiger partial charge is 0.338 e. The van der Waals surface area contributed by atoms with Crippen molar-refractivity contribution in [3.63, 3.8) is 0 Å². The van der Waals surface area contributed by atoms with Crippen molar-refractivity contribution < 1.29 is 19.1 Å². The van der Waals surface area contributed by atoms with Crippen LogP contribution in [-0.4, -0.2) is 66.7 Å². The number of carbonyl (C=O) groups is 2. The minimum atomic E-state index is -0.515. The van der Waals surface area contributed by atoms with E-state index < -0.39 is 5.97 Å². The molecule has 0 N–H and O–H groups in total. The molecular formula is C20H22N4O4. The van der Waals surface area contributed by atoms with Gasteiger partial charge in [-0.15, -0.1) is 0 Å². The van der Waals surface area contributed by atoms with Crippen LogP contribution in [0.4, 0.5) is 5.95 Å². The van der Waals surface area contributed by atoms with Gasteiger partial charge in [0.05, 0.1) is 43.7 Å². The lowest BCUT2D eigenvalue weighted by Gasteiger charge is -2.31. The molecule has 2 aliphatic heterocycles. The number of rotatable bonds is 3. The van der Waals surface area contributed by atoms with Crippen LogP contribution < -0.4 is 4.90 Å². The van der Waals surface area contributed by atoms with E-state index in [2.05, 4.69) is 9.88 Å². The maximum atomic E-state index is 13.1. The molecule has 0 radical (unpaired) electrons. The average Bonchev–Trinajstić information content (AvgIpc) is 2.78. The van der Waals surface area contributed by atoms with E-state index >= 15 is 0 Å². The van der Waals surface area contributed by atoms with E-state index in [1.807, 2.05) is 6.20 Å². The zero-order valence-corrected chi connectivity index (χ0v) is 15.8. The Hall–Kier alpha value is -3.00. The molecule has 1 aromatic heterocycles. The minimum Gasteiger partial charge on any atom is -0.465 e. The summed E-state index contributed by atoms with van der Waals surface area (Å²) in [6, 6.07) is 6.73. The first kappa shape index (κ1) is 18.4. The van der Waals surface area contributed by atoms with Crippen LogP contribution in [0.5, 0.6) is 0 Å². The third-order valence-corrected chi connectivity index (χ3v) is 5.08. The number of anilines is 1. The molecule has 1 fully saturated rings. The topological polar surface area (TPSA) is 84.9 Å². The lowest BCUT2D eigenvalue weighted by molar-refractivity contribution is 0.0588. The van der Waals surface area contributed by atoms with Crippen LogP contribution in [0.15, 0.2) is 30.5 Å². The van der Waals surface area contributed by atoms with E-state index in [9.17, 15) is 9.59 Å². The number of morpholine rings is 1. The molecule has 28 heavy (non-hydrogen) atoms. The van der Waals surface area contributed by atoms with Crippen LogP contribution in [0.1, 0.15) is 32.0 Å². The van der Waals surface area contributed by atoms with Crippen LogP contribution in [0.2, 0.25) is 0 Å². The van der Waals surface area contributed by atoms with Crippen molar-refractivity contribution >= 4 is 17.8 Å². The fourth-order valence-electron chi connectivity index (χ4n) is 3.51. The zero-order valence-electron chi connectivity index (χ0n) is 15.8. The van der Waals surface area contributed by atoms with Crippen molar-refractivity contribution in [3.05, 3.63) is 52.8 Å². The molecule has 2 aromatic rings. The van der Waals surface area contributed by atoms with Crippen LogP contribution in [-0.2, 0) is 22.4 Å². The van der Waals surface area contributed by atoms with Crippen molar-refractivity contribution in [2.45, 2.75) is 13.0 Å². The Balaban J connectivity index is 1.57. The molecule has 8 nitrogen and oxygen atoms in total. The van der Waals surface area contributed by atoms with E-state index in [1.165, 1.54) is 7.11 Å². The lowest BCUT2D eigenvalue weighted by Crippen LogP contribution is -2.39. The summed E-state index contributed by atoms with van der Waals surface area (Å²) in [5, 5.41) is 0. The fourth-order valence-corrected chi connectivity index (χ4v) is 3.51. The summed E-state index contributed by atoms with van der Waals surface area (Å²) in [5.41, 5.74) is 2.53. The highest BCUT2D eigenvalue weighted by atomic mass is 16.5. The standard InChI is InChI=1S/C20H22N4O4/c1-27-19(26)16-5-3-2-4-15(16)18(25)24-7-6-14-12-21-20(22-17(14)13-24)23-8-10-28-11-9-23/h2-5,12H,6-11,13H2,1H3. The van der Waals surface area contributed by atoms with E-state index in [4.69, 9.17) is 14.5 Å². The number of amides is 1. The van der Waals surface area contributed by atoms with E-state index in [0.29, 0.717) is 44.2 Å². The first-order valence-electron chi connectivity index (χ1n) is 9.31. The monoisotopic (exact) mass is 382 g/mol. The highest BCUT2D eigenvalue weighted by Crippen LogP contribution is 2.22. The second kappa shape index (κ2) is 7.93. The molecule has 2 aliphatic rings. The maximum Gasteiger partial charge on any atom is 0.338 e. The summed E-state index contributed by atoms with van der Waals surface area (Å²) >= 11 is 0. The van der Waals surface area contributed by atoms with Gasteiger partial charge < -0.3 is 19.3 Å². The minimum absolute atomic E-state index is 0.196. The largest absolute Gasteiger partial charge is 0.465 e. The third kappa shape index (κ3) is 3.55. The first-order chi connectivity index (χ1) is 13.7. The van der Waals surface area contributed by atoms with E-state index in [0.717, 1.165) is 24.3 Å². The second-order valence-electron chi connectivity index (χ2n) is 6.76. The van der Waals surface area contributed by atoms with Gasteiger partial charge in [-0.25, -0.2) is 14.8 Å². The summed E-state index contributed by atoms with van der Waals surface area (Å²) in [7, 11) is 1.31. The number of carbonyl (C=O) groups excluding carboxylic acids is 2. The Morgan fingerprint density at radius 1 is 1.11 bits per heavy atom.